The van der Waals surface area contributed by atoms with Crippen molar-refractivity contribution in [1.29, 1.82) is 5.26 Å². The average Bonchev–Trinajstić information content (AvgIpc) is 2.91. The van der Waals surface area contributed by atoms with Gasteiger partial charge in [-0.1, -0.05) is 6.92 Å². The van der Waals surface area contributed by atoms with Gasteiger partial charge in [0.05, 0.1) is 12.1 Å². The number of piperazine rings is 1. The van der Waals surface area contributed by atoms with Gasteiger partial charge in [0.15, 0.2) is 5.82 Å². The molecule has 0 aliphatic carbocycles. The molecule has 0 aromatic carbocycles. The molecule has 2 aromatic rings. The molecule has 0 bridgehead atoms. The summed E-state index contributed by atoms with van der Waals surface area (Å²) in [6.07, 6.45) is 4.54. The van der Waals surface area contributed by atoms with Crippen molar-refractivity contribution in [2.24, 2.45) is 0 Å². The van der Waals surface area contributed by atoms with Crippen molar-refractivity contribution in [3.63, 3.8) is 0 Å². The summed E-state index contributed by atoms with van der Waals surface area (Å²) in [5.41, 5.74) is 0.802. The van der Waals surface area contributed by atoms with Crippen LogP contribution < -0.4 is 4.90 Å². The van der Waals surface area contributed by atoms with Crippen LogP contribution >= 0.6 is 0 Å². The van der Waals surface area contributed by atoms with Crippen molar-refractivity contribution in [1.82, 2.24) is 24.5 Å². The van der Waals surface area contributed by atoms with Gasteiger partial charge in [-0.25, -0.2) is 4.98 Å². The Balaban J connectivity index is 1.79. The molecular weight excluding hydrogens is 266 g/mol. The highest BCUT2D eigenvalue weighted by Crippen LogP contribution is 2.20. The summed E-state index contributed by atoms with van der Waals surface area (Å²) < 4.78 is 1.96. The van der Waals surface area contributed by atoms with E-state index < -0.39 is 0 Å². The van der Waals surface area contributed by atoms with E-state index in [1.807, 2.05) is 17.5 Å². The van der Waals surface area contributed by atoms with E-state index in [2.05, 4.69) is 38.0 Å². The van der Waals surface area contributed by atoms with Gasteiger partial charge < -0.3 is 4.90 Å². The molecule has 1 atom stereocenters. The number of fused-ring (bicyclic) bond motifs is 1. The quantitative estimate of drug-likeness (QED) is 0.832. The minimum absolute atomic E-state index is 0.0197. The average molecular weight is 285 g/mol. The summed E-state index contributed by atoms with van der Waals surface area (Å²) in [5, 5.41) is 17.5. The summed E-state index contributed by atoms with van der Waals surface area (Å²) in [7, 11) is 0. The maximum Gasteiger partial charge on any atom is 0.203 e. The van der Waals surface area contributed by atoms with Gasteiger partial charge in [0, 0.05) is 38.6 Å². The van der Waals surface area contributed by atoms with Gasteiger partial charge in [-0.2, -0.15) is 5.26 Å². The van der Waals surface area contributed by atoms with Gasteiger partial charge in [-0.15, -0.1) is 10.2 Å². The summed E-state index contributed by atoms with van der Waals surface area (Å²) in [6.45, 7) is 7.46. The number of hydrogen-bond acceptors (Lipinski definition) is 6. The fourth-order valence-corrected chi connectivity index (χ4v) is 2.83. The molecule has 110 valence electrons. The number of nitriles is 1. The number of rotatable bonds is 3. The zero-order chi connectivity index (χ0) is 14.8. The second kappa shape index (κ2) is 5.66. The molecule has 1 aliphatic heterocycles. The Kier molecular flexibility index (Phi) is 3.71. The van der Waals surface area contributed by atoms with Crippen LogP contribution in [0.25, 0.3) is 5.65 Å². The molecule has 3 rings (SSSR count). The van der Waals surface area contributed by atoms with Gasteiger partial charge in [-0.3, -0.25) is 9.30 Å². The normalized spacial score (nSPS) is 17.9. The number of nitrogens with zero attached hydrogens (tertiary/aromatic N) is 7. The molecule has 1 unspecified atom stereocenters. The van der Waals surface area contributed by atoms with E-state index in [-0.39, 0.29) is 6.04 Å². The van der Waals surface area contributed by atoms with Gasteiger partial charge in [0.1, 0.15) is 5.82 Å². The largest absolute Gasteiger partial charge is 0.351 e. The maximum atomic E-state index is 9.17. The molecule has 0 amide bonds. The van der Waals surface area contributed by atoms with E-state index in [0.29, 0.717) is 0 Å². The Morgan fingerprint density at radius 3 is 2.71 bits per heavy atom. The van der Waals surface area contributed by atoms with Crippen molar-refractivity contribution < 1.29 is 0 Å². The van der Waals surface area contributed by atoms with Crippen LogP contribution in [0.15, 0.2) is 12.4 Å². The molecule has 21 heavy (non-hydrogen) atoms. The molecule has 2 aromatic heterocycles. The molecule has 1 fully saturated rings. The monoisotopic (exact) mass is 285 g/mol. The van der Waals surface area contributed by atoms with Crippen molar-refractivity contribution in [3.8, 4) is 6.07 Å². The highest BCUT2D eigenvalue weighted by atomic mass is 15.3. The summed E-state index contributed by atoms with van der Waals surface area (Å²) in [5.74, 6) is 1.74. The number of hydrogen-bond donors (Lipinski definition) is 0. The van der Waals surface area contributed by atoms with E-state index >= 15 is 0 Å². The molecule has 1 aliphatic rings. The molecular formula is C14H19N7. The molecule has 0 N–H and O–H groups in total. The van der Waals surface area contributed by atoms with Gasteiger partial charge in [0.2, 0.25) is 5.65 Å². The predicted octanol–water partition coefficient (Wildman–Crippen LogP) is 0.857. The maximum absolute atomic E-state index is 9.17. The summed E-state index contributed by atoms with van der Waals surface area (Å²) in [6, 6.07) is 2.39. The van der Waals surface area contributed by atoms with E-state index in [1.165, 1.54) is 0 Å². The second-order valence-electron chi connectivity index (χ2n) is 5.27. The Morgan fingerprint density at radius 2 is 2.05 bits per heavy atom. The lowest BCUT2D eigenvalue weighted by atomic mass is 10.2. The Bertz CT molecular complexity index is 664. The smallest absolute Gasteiger partial charge is 0.203 e. The van der Waals surface area contributed by atoms with Crippen LogP contribution in [0.5, 0.6) is 0 Å². The Hall–Kier alpha value is -2.20. The van der Waals surface area contributed by atoms with Crippen LogP contribution in [-0.4, -0.2) is 56.7 Å². The predicted molar refractivity (Wildman–Crippen MR) is 79.0 cm³/mol. The topological polar surface area (TPSA) is 73.4 Å². The zero-order valence-corrected chi connectivity index (χ0v) is 12.4. The summed E-state index contributed by atoms with van der Waals surface area (Å²) in [4.78, 5) is 8.94. The molecule has 0 radical (unpaired) electrons. The summed E-state index contributed by atoms with van der Waals surface area (Å²) >= 11 is 0. The Labute approximate surface area is 123 Å². The molecule has 3 heterocycles. The third-order valence-corrected chi connectivity index (χ3v) is 4.07. The molecule has 7 nitrogen and oxygen atoms in total. The van der Waals surface area contributed by atoms with Crippen molar-refractivity contribution in [2.45, 2.75) is 26.3 Å². The van der Waals surface area contributed by atoms with Crippen molar-refractivity contribution in [3.05, 3.63) is 18.2 Å². The SMILES string of the molecule is CCC(C#N)N1CCN(c2nccn3c(C)nnc23)CC1. The van der Waals surface area contributed by atoms with Crippen molar-refractivity contribution in [2.75, 3.05) is 31.1 Å². The van der Waals surface area contributed by atoms with Crippen molar-refractivity contribution >= 4 is 11.5 Å². The molecule has 7 heteroatoms. The first kappa shape index (κ1) is 13.8. The van der Waals surface area contributed by atoms with Crippen LogP contribution in [0.1, 0.15) is 19.2 Å². The lowest BCUT2D eigenvalue weighted by Crippen LogP contribution is -2.50. The second-order valence-corrected chi connectivity index (χ2v) is 5.27. The standard InChI is InChI=1S/C14H19N7/c1-3-12(10-15)19-6-8-20(9-7-19)13-14-18-17-11(2)21(14)5-4-16-13/h4-5,12H,3,6-9H2,1-2H3. The van der Waals surface area contributed by atoms with E-state index in [4.69, 9.17) is 5.26 Å². The lowest BCUT2D eigenvalue weighted by molar-refractivity contribution is 0.216. The number of anilines is 1. The highest BCUT2D eigenvalue weighted by molar-refractivity contribution is 5.63. The molecule has 0 spiro atoms. The van der Waals surface area contributed by atoms with Crippen LogP contribution in [0.4, 0.5) is 5.82 Å². The van der Waals surface area contributed by atoms with Crippen LogP contribution in [0.2, 0.25) is 0 Å². The highest BCUT2D eigenvalue weighted by Gasteiger charge is 2.24. The van der Waals surface area contributed by atoms with Gasteiger partial charge >= 0.3 is 0 Å². The van der Waals surface area contributed by atoms with E-state index in [0.717, 1.165) is 49.9 Å². The third kappa shape index (κ3) is 2.43. The number of aromatic nitrogens is 4. The minimum Gasteiger partial charge on any atom is -0.351 e. The fourth-order valence-electron chi connectivity index (χ4n) is 2.83. The van der Waals surface area contributed by atoms with E-state index in [9.17, 15) is 0 Å². The first-order valence-electron chi connectivity index (χ1n) is 7.29. The zero-order valence-electron chi connectivity index (χ0n) is 12.4. The van der Waals surface area contributed by atoms with Gasteiger partial charge in [-0.05, 0) is 13.3 Å². The minimum atomic E-state index is 0.0197. The fraction of sp³-hybridized carbons (Fsp3) is 0.571. The van der Waals surface area contributed by atoms with Crippen LogP contribution in [0.3, 0.4) is 0 Å². The van der Waals surface area contributed by atoms with E-state index in [1.54, 1.807) is 6.20 Å². The van der Waals surface area contributed by atoms with Crippen LogP contribution in [-0.2, 0) is 0 Å². The lowest BCUT2D eigenvalue weighted by Gasteiger charge is -2.37. The first-order chi connectivity index (χ1) is 10.2. The first-order valence-corrected chi connectivity index (χ1v) is 7.29. The molecule has 0 saturated carbocycles. The molecule has 1 saturated heterocycles. The number of aryl methyl sites for hydroxylation is 1. The third-order valence-electron chi connectivity index (χ3n) is 4.07. The Morgan fingerprint density at radius 1 is 1.29 bits per heavy atom. The van der Waals surface area contributed by atoms with Gasteiger partial charge in [0.25, 0.3) is 0 Å². The van der Waals surface area contributed by atoms with Crippen LogP contribution in [0, 0.1) is 18.3 Å².